The topological polar surface area (TPSA) is 107 Å². The maximum Gasteiger partial charge on any atom is 0.267 e. The molecule has 0 saturated carbocycles. The van der Waals surface area contributed by atoms with Crippen molar-refractivity contribution in [2.75, 3.05) is 5.32 Å². The van der Waals surface area contributed by atoms with Crippen LogP contribution in [-0.4, -0.2) is 35.5 Å². The predicted octanol–water partition coefficient (Wildman–Crippen LogP) is 4.30. The fourth-order valence-electron chi connectivity index (χ4n) is 3.10. The van der Waals surface area contributed by atoms with Crippen molar-refractivity contribution in [2.24, 2.45) is 0 Å². The van der Waals surface area contributed by atoms with Crippen molar-refractivity contribution in [1.29, 1.82) is 0 Å². The van der Waals surface area contributed by atoms with Gasteiger partial charge in [0.1, 0.15) is 22.0 Å². The highest BCUT2D eigenvalue weighted by Gasteiger charge is 2.17. The number of carbonyl (C=O) groups is 1. The Hall–Kier alpha value is -4.18. The standard InChI is InChI=1S/C22H17N7O2S/c1-13-10-18(29-22(26-13)24-12-25-29)31-17-7-5-16(6-8-17)28-20(30)19-14(2)27-21(32-19)15-4-3-9-23-11-15/h3-12H,1-2H3,(H,28,30). The van der Waals surface area contributed by atoms with Crippen molar-refractivity contribution in [3.8, 4) is 22.2 Å². The van der Waals surface area contributed by atoms with Crippen LogP contribution in [0.3, 0.4) is 0 Å². The van der Waals surface area contributed by atoms with Crippen LogP contribution in [-0.2, 0) is 0 Å². The lowest BCUT2D eigenvalue weighted by atomic mass is 10.3. The van der Waals surface area contributed by atoms with E-state index < -0.39 is 0 Å². The van der Waals surface area contributed by atoms with Gasteiger partial charge in [-0.3, -0.25) is 9.78 Å². The van der Waals surface area contributed by atoms with E-state index in [-0.39, 0.29) is 5.91 Å². The van der Waals surface area contributed by atoms with Gasteiger partial charge in [-0.1, -0.05) is 0 Å². The molecule has 4 aromatic heterocycles. The highest BCUT2D eigenvalue weighted by Crippen LogP contribution is 2.28. The van der Waals surface area contributed by atoms with Crippen LogP contribution in [0.15, 0.2) is 61.2 Å². The zero-order valence-corrected chi connectivity index (χ0v) is 18.0. The number of rotatable bonds is 5. The number of nitrogens with zero attached hydrogens (tertiary/aromatic N) is 6. The minimum Gasteiger partial charge on any atom is -0.439 e. The summed E-state index contributed by atoms with van der Waals surface area (Å²) in [5.74, 6) is 1.36. The van der Waals surface area contributed by atoms with E-state index >= 15 is 0 Å². The van der Waals surface area contributed by atoms with Crippen LogP contribution in [0.25, 0.3) is 16.3 Å². The quantitative estimate of drug-likeness (QED) is 0.431. The Labute approximate surface area is 186 Å². The van der Waals surface area contributed by atoms with Gasteiger partial charge in [0.25, 0.3) is 11.7 Å². The van der Waals surface area contributed by atoms with E-state index in [1.54, 1.807) is 42.7 Å². The Balaban J connectivity index is 1.31. The molecular formula is C22H17N7O2S. The van der Waals surface area contributed by atoms with Crippen molar-refractivity contribution >= 4 is 28.7 Å². The molecule has 1 aromatic carbocycles. The van der Waals surface area contributed by atoms with Crippen LogP contribution in [0.5, 0.6) is 11.6 Å². The molecule has 0 atom stereocenters. The average Bonchev–Trinajstić information content (AvgIpc) is 3.42. The van der Waals surface area contributed by atoms with E-state index in [2.05, 4.69) is 30.4 Å². The molecule has 10 heteroatoms. The van der Waals surface area contributed by atoms with Crippen LogP contribution in [0.4, 0.5) is 5.69 Å². The summed E-state index contributed by atoms with van der Waals surface area (Å²) in [6.07, 6.45) is 4.86. The zero-order chi connectivity index (χ0) is 22.1. The van der Waals surface area contributed by atoms with Crippen LogP contribution in [0.2, 0.25) is 0 Å². The Morgan fingerprint density at radius 1 is 1.12 bits per heavy atom. The SMILES string of the molecule is Cc1cc(Oc2ccc(NC(=O)c3sc(-c4cccnc4)nc3C)cc2)n2ncnc2n1. The lowest BCUT2D eigenvalue weighted by molar-refractivity contribution is 0.103. The normalized spacial score (nSPS) is 10.9. The molecule has 4 heterocycles. The summed E-state index contributed by atoms with van der Waals surface area (Å²) in [6, 6.07) is 12.6. The van der Waals surface area contributed by atoms with Crippen LogP contribution >= 0.6 is 11.3 Å². The first-order chi connectivity index (χ1) is 15.6. The number of amides is 1. The third-order valence-corrected chi connectivity index (χ3v) is 5.80. The molecular weight excluding hydrogens is 426 g/mol. The minimum absolute atomic E-state index is 0.210. The van der Waals surface area contributed by atoms with Crippen molar-refractivity contribution in [3.63, 3.8) is 0 Å². The first kappa shape index (κ1) is 19.8. The third kappa shape index (κ3) is 3.91. The number of nitrogens with one attached hydrogen (secondary N) is 1. The Morgan fingerprint density at radius 3 is 2.75 bits per heavy atom. The molecule has 1 amide bonds. The van der Waals surface area contributed by atoms with Gasteiger partial charge >= 0.3 is 0 Å². The van der Waals surface area contributed by atoms with E-state index in [9.17, 15) is 4.79 Å². The maximum absolute atomic E-state index is 12.8. The molecule has 0 aliphatic heterocycles. The molecule has 0 aliphatic rings. The summed E-state index contributed by atoms with van der Waals surface area (Å²) in [4.78, 5) is 30.4. The maximum atomic E-state index is 12.8. The molecule has 0 radical (unpaired) electrons. The first-order valence-electron chi connectivity index (χ1n) is 9.71. The number of benzene rings is 1. The number of hydrogen-bond acceptors (Lipinski definition) is 8. The average molecular weight is 443 g/mol. The molecule has 0 spiro atoms. The number of ether oxygens (including phenoxy) is 1. The number of carbonyl (C=O) groups excluding carboxylic acids is 1. The molecule has 0 bridgehead atoms. The summed E-state index contributed by atoms with van der Waals surface area (Å²) >= 11 is 1.34. The Bertz CT molecular complexity index is 1410. The van der Waals surface area contributed by atoms with E-state index in [0.717, 1.165) is 16.3 Å². The van der Waals surface area contributed by atoms with Gasteiger partial charge in [0, 0.05) is 35.4 Å². The minimum atomic E-state index is -0.210. The number of anilines is 1. The second-order valence-electron chi connectivity index (χ2n) is 6.96. The van der Waals surface area contributed by atoms with Crippen molar-refractivity contribution < 1.29 is 9.53 Å². The summed E-state index contributed by atoms with van der Waals surface area (Å²) in [7, 11) is 0. The van der Waals surface area contributed by atoms with Gasteiger partial charge in [-0.05, 0) is 50.2 Å². The fourth-order valence-corrected chi connectivity index (χ4v) is 4.06. The van der Waals surface area contributed by atoms with E-state index in [1.807, 2.05) is 26.0 Å². The van der Waals surface area contributed by atoms with Crippen LogP contribution < -0.4 is 10.1 Å². The molecule has 0 fully saturated rings. The summed E-state index contributed by atoms with van der Waals surface area (Å²) < 4.78 is 7.46. The molecule has 1 N–H and O–H groups in total. The highest BCUT2D eigenvalue weighted by molar-refractivity contribution is 7.17. The summed E-state index contributed by atoms with van der Waals surface area (Å²) in [6.45, 7) is 3.69. The van der Waals surface area contributed by atoms with Gasteiger partial charge in [0.15, 0.2) is 0 Å². The number of aromatic nitrogens is 6. The molecule has 0 saturated heterocycles. The van der Waals surface area contributed by atoms with Crippen molar-refractivity contribution in [2.45, 2.75) is 13.8 Å². The number of aryl methyl sites for hydroxylation is 2. The lowest BCUT2D eigenvalue weighted by Gasteiger charge is -2.09. The van der Waals surface area contributed by atoms with Crippen molar-refractivity contribution in [3.05, 3.63) is 77.5 Å². The molecule has 158 valence electrons. The zero-order valence-electron chi connectivity index (χ0n) is 17.2. The largest absolute Gasteiger partial charge is 0.439 e. The molecule has 5 rings (SSSR count). The van der Waals surface area contributed by atoms with Crippen molar-refractivity contribution in [1.82, 2.24) is 29.5 Å². The van der Waals surface area contributed by atoms with Crippen LogP contribution in [0.1, 0.15) is 21.1 Å². The molecule has 32 heavy (non-hydrogen) atoms. The Morgan fingerprint density at radius 2 is 1.97 bits per heavy atom. The molecule has 0 unspecified atom stereocenters. The number of pyridine rings is 1. The summed E-state index contributed by atoms with van der Waals surface area (Å²) in [5, 5.41) is 7.80. The predicted molar refractivity (Wildman–Crippen MR) is 120 cm³/mol. The van der Waals surface area contributed by atoms with E-state index in [4.69, 9.17) is 4.74 Å². The van der Waals surface area contributed by atoms with Crippen LogP contribution in [0, 0.1) is 13.8 Å². The molecule has 0 aliphatic carbocycles. The second kappa shape index (κ2) is 8.16. The second-order valence-corrected chi connectivity index (χ2v) is 7.96. The van der Waals surface area contributed by atoms with Gasteiger partial charge in [0.05, 0.1) is 5.69 Å². The monoisotopic (exact) mass is 443 g/mol. The molecule has 9 nitrogen and oxygen atoms in total. The third-order valence-electron chi connectivity index (χ3n) is 4.59. The fraction of sp³-hybridized carbons (Fsp3) is 0.0909. The van der Waals surface area contributed by atoms with Gasteiger partial charge in [-0.2, -0.15) is 14.6 Å². The van der Waals surface area contributed by atoms with E-state index in [1.165, 1.54) is 22.2 Å². The number of fused-ring (bicyclic) bond motifs is 1. The van der Waals surface area contributed by atoms with Gasteiger partial charge in [-0.25, -0.2) is 9.97 Å². The van der Waals surface area contributed by atoms with Gasteiger partial charge in [-0.15, -0.1) is 11.3 Å². The first-order valence-corrected chi connectivity index (χ1v) is 10.5. The summed E-state index contributed by atoms with van der Waals surface area (Å²) in [5.41, 5.74) is 2.98. The number of thiazole rings is 1. The highest BCUT2D eigenvalue weighted by atomic mass is 32.1. The number of hydrogen-bond donors (Lipinski definition) is 1. The van der Waals surface area contributed by atoms with Gasteiger partial charge < -0.3 is 10.1 Å². The van der Waals surface area contributed by atoms with E-state index in [0.29, 0.717) is 33.7 Å². The smallest absolute Gasteiger partial charge is 0.267 e. The molecule has 5 aromatic rings. The lowest BCUT2D eigenvalue weighted by Crippen LogP contribution is -2.11. The Kier molecular flexibility index (Phi) is 5.04. The van der Waals surface area contributed by atoms with Gasteiger partial charge in [0.2, 0.25) is 5.88 Å².